The lowest BCUT2D eigenvalue weighted by molar-refractivity contribution is -0.123. The number of aryl methyl sites for hydroxylation is 2. The Morgan fingerprint density at radius 1 is 1.43 bits per heavy atom. The van der Waals surface area contributed by atoms with E-state index in [2.05, 4.69) is 15.6 Å². The maximum absolute atomic E-state index is 11.7. The van der Waals surface area contributed by atoms with Crippen LogP contribution in [-0.4, -0.2) is 28.5 Å². The predicted molar refractivity (Wildman–Crippen MR) is 85.1 cm³/mol. The minimum atomic E-state index is -0.371. The predicted octanol–water partition coefficient (Wildman–Crippen LogP) is 1.44. The molecule has 118 valence electrons. The lowest BCUT2D eigenvalue weighted by Crippen LogP contribution is -2.24. The number of hydrogen-bond acceptors (Lipinski definition) is 5. The molecule has 0 atom stereocenters. The molecule has 7 nitrogen and oxygen atoms in total. The SMILES string of the molecule is Cc1nn(C)c(C)c1/C=N\NC(=O)COc1ccc(C#N)cc1. The maximum atomic E-state index is 11.7. The van der Waals surface area contributed by atoms with E-state index in [0.717, 1.165) is 17.0 Å². The van der Waals surface area contributed by atoms with Crippen molar-refractivity contribution in [2.75, 3.05) is 6.61 Å². The van der Waals surface area contributed by atoms with Crippen molar-refractivity contribution in [2.45, 2.75) is 13.8 Å². The van der Waals surface area contributed by atoms with Crippen molar-refractivity contribution in [3.05, 3.63) is 46.8 Å². The van der Waals surface area contributed by atoms with Crippen LogP contribution in [0.3, 0.4) is 0 Å². The molecule has 1 amide bonds. The van der Waals surface area contributed by atoms with Crippen LogP contribution >= 0.6 is 0 Å². The maximum Gasteiger partial charge on any atom is 0.277 e. The molecule has 0 saturated heterocycles. The zero-order valence-corrected chi connectivity index (χ0v) is 13.2. The number of hydrogen-bond donors (Lipinski definition) is 1. The average molecular weight is 311 g/mol. The third-order valence-electron chi connectivity index (χ3n) is 3.30. The molecule has 7 heteroatoms. The van der Waals surface area contributed by atoms with Gasteiger partial charge in [-0.3, -0.25) is 9.48 Å². The Hall–Kier alpha value is -3.14. The number of rotatable bonds is 5. The van der Waals surface area contributed by atoms with E-state index in [1.54, 1.807) is 35.2 Å². The van der Waals surface area contributed by atoms with E-state index in [9.17, 15) is 4.79 Å². The molecule has 0 saturated carbocycles. The number of aromatic nitrogens is 2. The summed E-state index contributed by atoms with van der Waals surface area (Å²) in [4.78, 5) is 11.7. The Morgan fingerprint density at radius 3 is 2.70 bits per heavy atom. The van der Waals surface area contributed by atoms with Gasteiger partial charge in [0.25, 0.3) is 5.91 Å². The molecule has 1 aromatic heterocycles. The number of nitrogens with zero attached hydrogens (tertiary/aromatic N) is 4. The van der Waals surface area contributed by atoms with Crippen LogP contribution in [0.2, 0.25) is 0 Å². The smallest absolute Gasteiger partial charge is 0.277 e. The summed E-state index contributed by atoms with van der Waals surface area (Å²) in [6, 6.07) is 8.53. The highest BCUT2D eigenvalue weighted by molar-refractivity contribution is 5.84. The van der Waals surface area contributed by atoms with Crippen molar-refractivity contribution < 1.29 is 9.53 Å². The first kappa shape index (κ1) is 16.2. The second-order valence-corrected chi connectivity index (χ2v) is 4.93. The first-order valence-corrected chi connectivity index (χ1v) is 6.96. The van der Waals surface area contributed by atoms with Crippen molar-refractivity contribution >= 4 is 12.1 Å². The molecule has 0 spiro atoms. The van der Waals surface area contributed by atoms with Crippen molar-refractivity contribution in [3.63, 3.8) is 0 Å². The number of nitrogens with one attached hydrogen (secondary N) is 1. The van der Waals surface area contributed by atoms with Gasteiger partial charge in [0, 0.05) is 18.3 Å². The van der Waals surface area contributed by atoms with Gasteiger partial charge in [-0.25, -0.2) is 5.43 Å². The summed E-state index contributed by atoms with van der Waals surface area (Å²) in [5, 5.41) is 16.9. The van der Waals surface area contributed by atoms with Crippen LogP contribution in [-0.2, 0) is 11.8 Å². The number of carbonyl (C=O) groups is 1. The quantitative estimate of drug-likeness (QED) is 0.668. The third-order valence-corrected chi connectivity index (χ3v) is 3.30. The number of nitriles is 1. The van der Waals surface area contributed by atoms with E-state index in [1.807, 2.05) is 27.0 Å². The van der Waals surface area contributed by atoms with Crippen molar-refractivity contribution in [2.24, 2.45) is 12.1 Å². The van der Waals surface area contributed by atoms with Crippen LogP contribution in [0.5, 0.6) is 5.75 Å². The summed E-state index contributed by atoms with van der Waals surface area (Å²) < 4.78 is 7.07. The fourth-order valence-corrected chi connectivity index (χ4v) is 1.95. The minimum Gasteiger partial charge on any atom is -0.484 e. The highest BCUT2D eigenvalue weighted by Crippen LogP contribution is 2.11. The van der Waals surface area contributed by atoms with E-state index in [4.69, 9.17) is 10.00 Å². The zero-order chi connectivity index (χ0) is 16.8. The summed E-state index contributed by atoms with van der Waals surface area (Å²) >= 11 is 0. The lowest BCUT2D eigenvalue weighted by Gasteiger charge is -2.04. The van der Waals surface area contributed by atoms with Crippen LogP contribution in [0.1, 0.15) is 22.5 Å². The highest BCUT2D eigenvalue weighted by Gasteiger charge is 2.07. The molecule has 0 radical (unpaired) electrons. The van der Waals surface area contributed by atoms with Gasteiger partial charge in [-0.05, 0) is 38.1 Å². The second-order valence-electron chi connectivity index (χ2n) is 4.93. The number of benzene rings is 1. The van der Waals surface area contributed by atoms with Gasteiger partial charge in [0.15, 0.2) is 6.61 Å². The molecular formula is C16H17N5O2. The van der Waals surface area contributed by atoms with Gasteiger partial charge in [0.05, 0.1) is 23.5 Å². The van der Waals surface area contributed by atoms with Crippen LogP contribution in [0.4, 0.5) is 0 Å². The lowest BCUT2D eigenvalue weighted by atomic mass is 10.2. The molecule has 0 aliphatic rings. The molecule has 0 aliphatic heterocycles. The fraction of sp³-hybridized carbons (Fsp3) is 0.250. The fourth-order valence-electron chi connectivity index (χ4n) is 1.95. The molecule has 1 heterocycles. The zero-order valence-electron chi connectivity index (χ0n) is 13.2. The third kappa shape index (κ3) is 4.17. The summed E-state index contributed by atoms with van der Waals surface area (Å²) in [5.74, 6) is 0.145. The minimum absolute atomic E-state index is 0.158. The normalized spacial score (nSPS) is 10.5. The van der Waals surface area contributed by atoms with Crippen molar-refractivity contribution in [3.8, 4) is 11.8 Å². The van der Waals surface area contributed by atoms with Gasteiger partial charge in [0.1, 0.15) is 5.75 Å². The van der Waals surface area contributed by atoms with Crippen LogP contribution in [0.15, 0.2) is 29.4 Å². The van der Waals surface area contributed by atoms with E-state index >= 15 is 0 Å². The van der Waals surface area contributed by atoms with E-state index in [1.165, 1.54) is 0 Å². The number of hydrazone groups is 1. The van der Waals surface area contributed by atoms with Gasteiger partial charge in [-0.2, -0.15) is 15.5 Å². The number of ether oxygens (including phenoxy) is 1. The van der Waals surface area contributed by atoms with Gasteiger partial charge >= 0.3 is 0 Å². The largest absolute Gasteiger partial charge is 0.484 e. The Balaban J connectivity index is 1.85. The molecular weight excluding hydrogens is 294 g/mol. The van der Waals surface area contributed by atoms with E-state index in [-0.39, 0.29) is 12.5 Å². The van der Waals surface area contributed by atoms with Gasteiger partial charge in [-0.15, -0.1) is 0 Å². The number of carbonyl (C=O) groups excluding carboxylic acids is 1. The molecule has 1 aromatic carbocycles. The first-order chi connectivity index (χ1) is 11.0. The molecule has 1 N–H and O–H groups in total. The number of amides is 1. The molecule has 2 aromatic rings. The molecule has 0 fully saturated rings. The van der Waals surface area contributed by atoms with Gasteiger partial charge in [-0.1, -0.05) is 0 Å². The van der Waals surface area contributed by atoms with E-state index in [0.29, 0.717) is 11.3 Å². The standard InChI is InChI=1S/C16H17N5O2/c1-11-15(12(2)21(3)20-11)9-18-19-16(22)10-23-14-6-4-13(8-17)5-7-14/h4-7,9H,10H2,1-3H3,(H,19,22)/b18-9-. The summed E-state index contributed by atoms with van der Waals surface area (Å²) in [6.07, 6.45) is 1.57. The Morgan fingerprint density at radius 2 is 2.13 bits per heavy atom. The second kappa shape index (κ2) is 7.22. The first-order valence-electron chi connectivity index (χ1n) is 6.96. The van der Waals surface area contributed by atoms with Crippen molar-refractivity contribution in [1.82, 2.24) is 15.2 Å². The van der Waals surface area contributed by atoms with Crippen LogP contribution < -0.4 is 10.2 Å². The molecule has 0 unspecified atom stereocenters. The van der Waals surface area contributed by atoms with Crippen molar-refractivity contribution in [1.29, 1.82) is 5.26 Å². The molecule has 2 rings (SSSR count). The topological polar surface area (TPSA) is 92.3 Å². The Labute approximate surface area is 134 Å². The monoisotopic (exact) mass is 311 g/mol. The van der Waals surface area contributed by atoms with Gasteiger partial charge < -0.3 is 4.74 Å². The van der Waals surface area contributed by atoms with Crippen LogP contribution in [0.25, 0.3) is 0 Å². The summed E-state index contributed by atoms with van der Waals surface area (Å²) in [7, 11) is 1.85. The Kier molecular flexibility index (Phi) is 5.10. The molecule has 23 heavy (non-hydrogen) atoms. The Bertz CT molecular complexity index is 769. The summed E-state index contributed by atoms with van der Waals surface area (Å²) in [6.45, 7) is 3.65. The van der Waals surface area contributed by atoms with Gasteiger partial charge in [0.2, 0.25) is 0 Å². The van der Waals surface area contributed by atoms with E-state index < -0.39 is 0 Å². The average Bonchev–Trinajstić information content (AvgIpc) is 2.79. The highest BCUT2D eigenvalue weighted by atomic mass is 16.5. The molecule has 0 bridgehead atoms. The summed E-state index contributed by atoms with van der Waals surface area (Å²) in [5.41, 5.74) is 5.63. The molecule has 0 aliphatic carbocycles. The van der Waals surface area contributed by atoms with Crippen LogP contribution in [0, 0.1) is 25.2 Å².